The van der Waals surface area contributed by atoms with Gasteiger partial charge in [-0.15, -0.1) is 0 Å². The molecule has 160 valence electrons. The number of alkyl halides is 6. The van der Waals surface area contributed by atoms with Gasteiger partial charge >= 0.3 is 181 Å². The fourth-order valence-corrected chi connectivity index (χ4v) is 6.06. The Morgan fingerprint density at radius 1 is 0.516 bits per heavy atom. The van der Waals surface area contributed by atoms with Crippen LogP contribution in [-0.2, 0) is 12.8 Å². The van der Waals surface area contributed by atoms with E-state index in [0.29, 0.717) is 30.5 Å². The molecule has 0 aliphatic rings. The molecule has 0 spiro atoms. The van der Waals surface area contributed by atoms with Gasteiger partial charge < -0.3 is 0 Å². The second-order valence-electron chi connectivity index (χ2n) is 7.21. The molecule has 4 aromatic carbocycles. The van der Waals surface area contributed by atoms with Crippen molar-refractivity contribution in [2.24, 2.45) is 0 Å². The zero-order valence-corrected chi connectivity index (χ0v) is 17.7. The van der Waals surface area contributed by atoms with Gasteiger partial charge in [-0.2, -0.15) is 0 Å². The van der Waals surface area contributed by atoms with Crippen molar-refractivity contribution in [1.82, 2.24) is 0 Å². The van der Waals surface area contributed by atoms with Crippen LogP contribution in [-0.4, -0.2) is 27.3 Å². The third kappa shape index (κ3) is 5.05. The van der Waals surface area contributed by atoms with Gasteiger partial charge in [-0.3, -0.25) is 0 Å². The van der Waals surface area contributed by atoms with E-state index in [9.17, 15) is 26.3 Å². The van der Waals surface area contributed by atoms with Crippen LogP contribution in [0.25, 0.3) is 21.5 Å². The number of hydrogen-bond acceptors (Lipinski definition) is 0. The Balaban J connectivity index is 1.88. The van der Waals surface area contributed by atoms with Gasteiger partial charge in [0.05, 0.1) is 0 Å². The van der Waals surface area contributed by atoms with Gasteiger partial charge in [0.2, 0.25) is 0 Å². The number of rotatable bonds is 4. The molecule has 0 saturated carbocycles. The van der Waals surface area contributed by atoms with Crippen molar-refractivity contribution in [3.63, 3.8) is 0 Å². The van der Waals surface area contributed by atoms with Gasteiger partial charge in [-0.1, -0.05) is 0 Å². The minimum absolute atomic E-state index is 0.136. The summed E-state index contributed by atoms with van der Waals surface area (Å²) in [6, 6.07) is 20.3. The van der Waals surface area contributed by atoms with E-state index in [1.807, 2.05) is 0 Å². The first-order chi connectivity index (χ1) is 14.6. The van der Waals surface area contributed by atoms with Gasteiger partial charge in [-0.25, -0.2) is 0 Å². The molecule has 0 amide bonds. The maximum absolute atomic E-state index is 13.4. The molecule has 0 unspecified atom stereocenters. The second kappa shape index (κ2) is 8.21. The number of benzene rings is 4. The molecule has 4 rings (SSSR count). The number of fused-ring (bicyclic) bond motifs is 2. The van der Waals surface area contributed by atoms with Gasteiger partial charge in [0, 0.05) is 0 Å². The van der Waals surface area contributed by atoms with Crippen LogP contribution in [0.4, 0.5) is 26.3 Å². The summed E-state index contributed by atoms with van der Waals surface area (Å²) >= 11 is -0.727. The molecule has 0 fully saturated rings. The summed E-state index contributed by atoms with van der Waals surface area (Å²) in [5.74, 6) is 0. The second-order valence-corrected chi connectivity index (χ2v) is 9.49. The Morgan fingerprint density at radius 3 is 1.29 bits per heavy atom. The standard InChI is InChI=1S/C24H16F6Se/c25-23(26,27)13-19-17-7-3-1-5-15(17)9-11-21(19)31-22-12-10-16-6-2-4-8-18(16)20(22)14-24(28,29)30/h1-12H,13-14H2. The molecule has 0 bridgehead atoms. The first-order valence-electron chi connectivity index (χ1n) is 9.43. The van der Waals surface area contributed by atoms with Gasteiger partial charge in [-0.05, 0) is 0 Å². The van der Waals surface area contributed by atoms with E-state index >= 15 is 0 Å². The summed E-state index contributed by atoms with van der Waals surface area (Å²) < 4.78 is 81.0. The summed E-state index contributed by atoms with van der Waals surface area (Å²) in [6.45, 7) is 0. The van der Waals surface area contributed by atoms with E-state index < -0.39 is 40.2 Å². The Morgan fingerprint density at radius 2 is 0.903 bits per heavy atom. The Kier molecular flexibility index (Phi) is 5.75. The molecule has 4 aromatic rings. The summed E-state index contributed by atoms with van der Waals surface area (Å²) in [7, 11) is 0. The zero-order valence-electron chi connectivity index (χ0n) is 16.0. The molecule has 31 heavy (non-hydrogen) atoms. The molecular weight excluding hydrogens is 481 g/mol. The van der Waals surface area contributed by atoms with Crippen LogP contribution < -0.4 is 8.92 Å². The summed E-state index contributed by atoms with van der Waals surface area (Å²) in [5, 5.41) is 2.32. The molecule has 0 saturated heterocycles. The quantitative estimate of drug-likeness (QED) is 0.245. The molecule has 0 atom stereocenters. The topological polar surface area (TPSA) is 0 Å². The summed E-state index contributed by atoms with van der Waals surface area (Å²) in [6.07, 6.45) is -11.1. The fourth-order valence-electron chi connectivity index (χ4n) is 3.71. The normalized spacial score (nSPS) is 12.6. The third-order valence-electron chi connectivity index (χ3n) is 4.97. The molecule has 7 heteroatoms. The predicted octanol–water partition coefficient (Wildman–Crippen LogP) is 5.86. The molecule has 0 nitrogen and oxygen atoms in total. The summed E-state index contributed by atoms with van der Waals surface area (Å²) in [4.78, 5) is 0. The molecular formula is C24H16F6Se. The fraction of sp³-hybridized carbons (Fsp3) is 0.167. The van der Waals surface area contributed by atoms with Crippen molar-refractivity contribution in [3.05, 3.63) is 83.9 Å². The molecule has 0 aliphatic heterocycles. The first-order valence-corrected chi connectivity index (χ1v) is 11.1. The maximum atomic E-state index is 13.4. The Bertz CT molecular complexity index is 1140. The van der Waals surface area contributed by atoms with E-state index in [0.717, 1.165) is 0 Å². The van der Waals surface area contributed by atoms with Gasteiger partial charge in [0.15, 0.2) is 0 Å². The predicted molar refractivity (Wildman–Crippen MR) is 112 cm³/mol. The zero-order chi connectivity index (χ0) is 22.2. The SMILES string of the molecule is FC(F)(F)Cc1c([Se]c2ccc3ccccc3c2CC(F)(F)F)ccc2ccccc12. The van der Waals surface area contributed by atoms with Gasteiger partial charge in [0.25, 0.3) is 0 Å². The van der Waals surface area contributed by atoms with E-state index in [2.05, 4.69) is 0 Å². The average molecular weight is 497 g/mol. The van der Waals surface area contributed by atoms with Crippen molar-refractivity contribution in [2.75, 3.05) is 0 Å². The van der Waals surface area contributed by atoms with Crippen LogP contribution in [0.5, 0.6) is 0 Å². The van der Waals surface area contributed by atoms with Crippen LogP contribution in [0.15, 0.2) is 72.8 Å². The van der Waals surface area contributed by atoms with Crippen molar-refractivity contribution < 1.29 is 26.3 Å². The number of hydrogen-bond donors (Lipinski definition) is 0. The molecule has 0 N–H and O–H groups in total. The monoisotopic (exact) mass is 498 g/mol. The van der Waals surface area contributed by atoms with E-state index in [-0.39, 0.29) is 11.1 Å². The average Bonchev–Trinajstić information content (AvgIpc) is 2.69. The van der Waals surface area contributed by atoms with E-state index in [1.165, 1.54) is 0 Å². The van der Waals surface area contributed by atoms with Crippen LogP contribution in [0.1, 0.15) is 11.1 Å². The van der Waals surface area contributed by atoms with Crippen molar-refractivity contribution in [2.45, 2.75) is 25.2 Å². The van der Waals surface area contributed by atoms with Crippen molar-refractivity contribution in [3.8, 4) is 0 Å². The Labute approximate surface area is 181 Å². The number of halogens is 6. The van der Waals surface area contributed by atoms with Crippen LogP contribution in [0.2, 0.25) is 0 Å². The first kappa shape index (κ1) is 21.7. The molecule has 0 heterocycles. The van der Waals surface area contributed by atoms with E-state index in [4.69, 9.17) is 0 Å². The summed E-state index contributed by atoms with van der Waals surface area (Å²) in [5.41, 5.74) is 0.272. The van der Waals surface area contributed by atoms with Crippen LogP contribution in [0.3, 0.4) is 0 Å². The third-order valence-corrected chi connectivity index (χ3v) is 7.50. The van der Waals surface area contributed by atoms with Crippen LogP contribution >= 0.6 is 0 Å². The molecule has 0 aliphatic carbocycles. The molecule has 0 radical (unpaired) electrons. The van der Waals surface area contributed by atoms with Crippen molar-refractivity contribution in [1.29, 1.82) is 0 Å². The molecule has 0 aromatic heterocycles. The van der Waals surface area contributed by atoms with Gasteiger partial charge in [0.1, 0.15) is 0 Å². The Hall–Kier alpha value is -2.50. The minimum atomic E-state index is -4.42. The van der Waals surface area contributed by atoms with Crippen LogP contribution in [0, 0.1) is 0 Å². The van der Waals surface area contributed by atoms with Crippen molar-refractivity contribution >= 4 is 45.4 Å². The van der Waals surface area contributed by atoms with E-state index in [1.54, 1.807) is 72.8 Å².